The van der Waals surface area contributed by atoms with Crippen molar-refractivity contribution >= 4 is 0 Å². The molecule has 0 bridgehead atoms. The maximum atomic E-state index is 10.7. The van der Waals surface area contributed by atoms with Crippen LogP contribution in [0.15, 0.2) is 24.8 Å². The molecule has 2 aliphatic rings. The van der Waals surface area contributed by atoms with Gasteiger partial charge in [-0.3, -0.25) is 4.90 Å². The van der Waals surface area contributed by atoms with Crippen LogP contribution in [0.5, 0.6) is 5.75 Å². The van der Waals surface area contributed by atoms with Crippen LogP contribution in [-0.2, 0) is 6.54 Å². The van der Waals surface area contributed by atoms with Crippen LogP contribution in [0.2, 0.25) is 0 Å². The summed E-state index contributed by atoms with van der Waals surface area (Å²) in [6.45, 7) is 12.5. The second-order valence-electron chi connectivity index (χ2n) is 9.10. The SMILES string of the molecule is CCOc1cc(C)c(CN2C[C@H]3C[C@@H](n4cncn4)[C@H](O)C[C@H]3C2)cc1C(C)C. The molecule has 0 spiro atoms. The fourth-order valence-electron chi connectivity index (χ4n) is 5.19. The number of aliphatic hydroxyl groups is 1. The van der Waals surface area contributed by atoms with Gasteiger partial charge in [-0.05, 0) is 67.2 Å². The van der Waals surface area contributed by atoms with Gasteiger partial charge >= 0.3 is 0 Å². The summed E-state index contributed by atoms with van der Waals surface area (Å²) < 4.78 is 7.73. The van der Waals surface area contributed by atoms with E-state index in [1.165, 1.54) is 16.7 Å². The molecule has 1 aliphatic heterocycles. The Morgan fingerprint density at radius 2 is 1.97 bits per heavy atom. The largest absolute Gasteiger partial charge is 0.494 e. The van der Waals surface area contributed by atoms with Crippen molar-refractivity contribution in [3.05, 3.63) is 41.5 Å². The zero-order chi connectivity index (χ0) is 20.5. The lowest BCUT2D eigenvalue weighted by Gasteiger charge is -2.35. The molecule has 158 valence electrons. The molecule has 0 radical (unpaired) electrons. The van der Waals surface area contributed by atoms with Crippen molar-refractivity contribution < 1.29 is 9.84 Å². The van der Waals surface area contributed by atoms with Crippen molar-refractivity contribution in [2.45, 2.75) is 65.1 Å². The van der Waals surface area contributed by atoms with Crippen LogP contribution < -0.4 is 4.74 Å². The number of fused-ring (bicyclic) bond motifs is 1. The molecule has 0 unspecified atom stereocenters. The Balaban J connectivity index is 1.47. The fourth-order valence-corrected chi connectivity index (χ4v) is 5.19. The Morgan fingerprint density at radius 3 is 2.62 bits per heavy atom. The van der Waals surface area contributed by atoms with Gasteiger partial charge in [-0.2, -0.15) is 5.10 Å². The average Bonchev–Trinajstić information content (AvgIpc) is 3.32. The Labute approximate surface area is 173 Å². The first kappa shape index (κ1) is 20.4. The molecule has 2 fully saturated rings. The number of aromatic nitrogens is 3. The number of hydrogen-bond donors (Lipinski definition) is 1. The van der Waals surface area contributed by atoms with E-state index in [0.717, 1.165) is 38.2 Å². The number of aliphatic hydroxyl groups excluding tert-OH is 1. The van der Waals surface area contributed by atoms with E-state index >= 15 is 0 Å². The van der Waals surface area contributed by atoms with E-state index in [9.17, 15) is 5.11 Å². The van der Waals surface area contributed by atoms with E-state index in [4.69, 9.17) is 4.74 Å². The summed E-state index contributed by atoms with van der Waals surface area (Å²) in [6.07, 6.45) is 4.78. The van der Waals surface area contributed by atoms with E-state index in [0.29, 0.717) is 24.4 Å². The Bertz CT molecular complexity index is 821. The molecule has 6 heteroatoms. The minimum Gasteiger partial charge on any atom is -0.494 e. The number of ether oxygens (including phenoxy) is 1. The number of aryl methyl sites for hydroxylation is 1. The Hall–Kier alpha value is -1.92. The molecule has 2 heterocycles. The van der Waals surface area contributed by atoms with Gasteiger partial charge in [0.2, 0.25) is 0 Å². The second-order valence-corrected chi connectivity index (χ2v) is 9.10. The molecule has 6 nitrogen and oxygen atoms in total. The predicted octanol–water partition coefficient (Wildman–Crippen LogP) is 3.55. The lowest BCUT2D eigenvalue weighted by Crippen LogP contribution is -2.36. The Kier molecular flexibility index (Phi) is 5.93. The van der Waals surface area contributed by atoms with E-state index in [1.807, 2.05) is 11.6 Å². The summed E-state index contributed by atoms with van der Waals surface area (Å²) in [5.74, 6) is 2.64. The summed E-state index contributed by atoms with van der Waals surface area (Å²) >= 11 is 0. The lowest BCUT2D eigenvalue weighted by atomic mass is 9.77. The number of rotatable bonds is 6. The van der Waals surface area contributed by atoms with Crippen molar-refractivity contribution in [3.8, 4) is 5.75 Å². The third kappa shape index (κ3) is 4.19. The zero-order valence-electron chi connectivity index (χ0n) is 18.1. The third-order valence-corrected chi connectivity index (χ3v) is 6.75. The summed E-state index contributed by atoms with van der Waals surface area (Å²) in [6, 6.07) is 4.61. The topological polar surface area (TPSA) is 63.4 Å². The molecule has 0 amide bonds. The predicted molar refractivity (Wildman–Crippen MR) is 113 cm³/mol. The number of likely N-dealkylation sites (tertiary alicyclic amines) is 1. The fraction of sp³-hybridized carbons (Fsp3) is 0.652. The molecule has 29 heavy (non-hydrogen) atoms. The molecule has 4 rings (SSSR count). The highest BCUT2D eigenvalue weighted by Crippen LogP contribution is 2.41. The maximum Gasteiger partial charge on any atom is 0.137 e. The van der Waals surface area contributed by atoms with Gasteiger partial charge in [0, 0.05) is 19.6 Å². The van der Waals surface area contributed by atoms with E-state index in [1.54, 1.807) is 12.7 Å². The summed E-state index contributed by atoms with van der Waals surface area (Å²) in [5, 5.41) is 14.9. The maximum absolute atomic E-state index is 10.7. The molecule has 1 saturated carbocycles. The molecule has 1 aromatic carbocycles. The van der Waals surface area contributed by atoms with Gasteiger partial charge < -0.3 is 9.84 Å². The molecular weight excluding hydrogens is 364 g/mol. The van der Waals surface area contributed by atoms with Gasteiger partial charge in [-0.15, -0.1) is 0 Å². The highest BCUT2D eigenvalue weighted by molar-refractivity contribution is 5.44. The molecule has 4 atom stereocenters. The van der Waals surface area contributed by atoms with Crippen LogP contribution >= 0.6 is 0 Å². The van der Waals surface area contributed by atoms with E-state index < -0.39 is 0 Å². The zero-order valence-corrected chi connectivity index (χ0v) is 18.1. The van der Waals surface area contributed by atoms with Crippen molar-refractivity contribution in [3.63, 3.8) is 0 Å². The van der Waals surface area contributed by atoms with Crippen molar-refractivity contribution in [2.75, 3.05) is 19.7 Å². The van der Waals surface area contributed by atoms with Gasteiger partial charge in [-0.25, -0.2) is 9.67 Å². The molecule has 1 aliphatic carbocycles. The van der Waals surface area contributed by atoms with E-state index in [2.05, 4.69) is 47.9 Å². The number of hydrogen-bond acceptors (Lipinski definition) is 5. The quantitative estimate of drug-likeness (QED) is 0.806. The monoisotopic (exact) mass is 398 g/mol. The molecule has 1 saturated heterocycles. The van der Waals surface area contributed by atoms with E-state index in [-0.39, 0.29) is 12.1 Å². The first-order valence-electron chi connectivity index (χ1n) is 11.0. The number of nitrogens with zero attached hydrogens (tertiary/aromatic N) is 4. The lowest BCUT2D eigenvalue weighted by molar-refractivity contribution is 0.0304. The van der Waals surface area contributed by atoms with Crippen LogP contribution in [0.1, 0.15) is 62.3 Å². The Morgan fingerprint density at radius 1 is 1.21 bits per heavy atom. The summed E-state index contributed by atoms with van der Waals surface area (Å²) in [4.78, 5) is 6.63. The molecule has 1 aromatic heterocycles. The van der Waals surface area contributed by atoms with Crippen molar-refractivity contribution in [1.29, 1.82) is 0 Å². The minimum absolute atomic E-state index is 0.0541. The van der Waals surface area contributed by atoms with Crippen LogP contribution in [-0.4, -0.2) is 50.6 Å². The van der Waals surface area contributed by atoms with Crippen LogP contribution in [0.4, 0.5) is 0 Å². The standard InChI is InChI=1S/C23H34N4O2/c1-5-29-23-6-16(4)17(7-20(23)15(2)3)10-26-11-18-8-21(27-14-24-13-25-27)22(28)9-19(18)12-26/h6-7,13-15,18-19,21-22,28H,5,8-12H2,1-4H3/t18-,19+,21-,22-/m1/s1. The number of benzene rings is 1. The highest BCUT2D eigenvalue weighted by Gasteiger charge is 2.42. The first-order chi connectivity index (χ1) is 14.0. The highest BCUT2D eigenvalue weighted by atomic mass is 16.5. The van der Waals surface area contributed by atoms with Crippen LogP contribution in [0.25, 0.3) is 0 Å². The van der Waals surface area contributed by atoms with Crippen molar-refractivity contribution in [1.82, 2.24) is 19.7 Å². The van der Waals surface area contributed by atoms with Crippen LogP contribution in [0, 0.1) is 18.8 Å². The van der Waals surface area contributed by atoms with Gasteiger partial charge in [0.05, 0.1) is 18.8 Å². The third-order valence-electron chi connectivity index (χ3n) is 6.75. The normalized spacial score (nSPS) is 27.4. The molecular formula is C23H34N4O2. The van der Waals surface area contributed by atoms with Gasteiger partial charge in [0.25, 0.3) is 0 Å². The summed E-state index contributed by atoms with van der Waals surface area (Å²) in [5.41, 5.74) is 3.99. The minimum atomic E-state index is -0.336. The van der Waals surface area contributed by atoms with Gasteiger partial charge in [0.15, 0.2) is 0 Å². The molecule has 2 aromatic rings. The second kappa shape index (κ2) is 8.44. The molecule has 1 N–H and O–H groups in total. The average molecular weight is 399 g/mol. The van der Waals surface area contributed by atoms with Gasteiger partial charge in [-0.1, -0.05) is 19.9 Å². The van der Waals surface area contributed by atoms with Crippen LogP contribution in [0.3, 0.4) is 0 Å². The first-order valence-corrected chi connectivity index (χ1v) is 11.0. The smallest absolute Gasteiger partial charge is 0.137 e. The summed E-state index contributed by atoms with van der Waals surface area (Å²) in [7, 11) is 0. The van der Waals surface area contributed by atoms with Crippen molar-refractivity contribution in [2.24, 2.45) is 11.8 Å². The van der Waals surface area contributed by atoms with Gasteiger partial charge in [0.1, 0.15) is 18.4 Å².